The molecule has 17 heavy (non-hydrogen) atoms. The van der Waals surface area contributed by atoms with Gasteiger partial charge in [-0.3, -0.25) is 4.79 Å². The highest BCUT2D eigenvalue weighted by Gasteiger charge is 2.23. The third-order valence-corrected chi connectivity index (χ3v) is 3.90. The number of amides is 1. The van der Waals surface area contributed by atoms with Crippen molar-refractivity contribution >= 4 is 17.7 Å². The molecule has 3 N–H and O–H groups in total. The number of nitrogens with one attached hydrogen (secondary N) is 1. The van der Waals surface area contributed by atoms with Crippen LogP contribution >= 0.6 is 11.8 Å². The molecular formula is C13H18N2OS. The van der Waals surface area contributed by atoms with Gasteiger partial charge in [0.25, 0.3) is 5.91 Å². The largest absolute Gasteiger partial charge is 0.349 e. The Balaban J connectivity index is 1.94. The maximum Gasteiger partial charge on any atom is 0.251 e. The van der Waals surface area contributed by atoms with Gasteiger partial charge in [0.15, 0.2) is 0 Å². The first-order chi connectivity index (χ1) is 8.19. The molecule has 2 atom stereocenters. The van der Waals surface area contributed by atoms with E-state index in [1.165, 1.54) is 4.90 Å². The number of hydrogen-bond acceptors (Lipinski definition) is 3. The van der Waals surface area contributed by atoms with Gasteiger partial charge in [-0.05, 0) is 49.8 Å². The molecule has 2 unspecified atom stereocenters. The van der Waals surface area contributed by atoms with Crippen LogP contribution in [0.3, 0.4) is 0 Å². The third-order valence-electron chi connectivity index (χ3n) is 3.16. The van der Waals surface area contributed by atoms with E-state index in [9.17, 15) is 4.79 Å². The second-order valence-electron chi connectivity index (χ2n) is 4.47. The molecule has 2 rings (SSSR count). The van der Waals surface area contributed by atoms with Crippen molar-refractivity contribution in [2.45, 2.75) is 36.2 Å². The standard InChI is InChI=1S/C13H18N2OS/c1-17-12-6-2-9(3-7-12)13(16)15-11-5-4-10(14)8-11/h2-3,6-7,10-11H,4-5,8,14H2,1H3,(H,15,16). The van der Waals surface area contributed by atoms with E-state index >= 15 is 0 Å². The van der Waals surface area contributed by atoms with Crippen molar-refractivity contribution in [3.63, 3.8) is 0 Å². The van der Waals surface area contributed by atoms with Crippen molar-refractivity contribution in [2.24, 2.45) is 5.73 Å². The molecular weight excluding hydrogens is 232 g/mol. The van der Waals surface area contributed by atoms with Gasteiger partial charge in [-0.25, -0.2) is 0 Å². The van der Waals surface area contributed by atoms with Gasteiger partial charge < -0.3 is 11.1 Å². The van der Waals surface area contributed by atoms with Crippen LogP contribution in [-0.4, -0.2) is 24.2 Å². The Morgan fingerprint density at radius 3 is 2.59 bits per heavy atom. The van der Waals surface area contributed by atoms with E-state index < -0.39 is 0 Å². The van der Waals surface area contributed by atoms with Crippen molar-refractivity contribution < 1.29 is 4.79 Å². The number of thioether (sulfide) groups is 1. The maximum atomic E-state index is 11.9. The van der Waals surface area contributed by atoms with E-state index in [-0.39, 0.29) is 18.0 Å². The summed E-state index contributed by atoms with van der Waals surface area (Å²) in [7, 11) is 0. The lowest BCUT2D eigenvalue weighted by molar-refractivity contribution is 0.0937. The molecule has 1 fully saturated rings. The maximum absolute atomic E-state index is 11.9. The van der Waals surface area contributed by atoms with Gasteiger partial charge in [0.1, 0.15) is 0 Å². The third kappa shape index (κ3) is 3.23. The van der Waals surface area contributed by atoms with Crippen molar-refractivity contribution in [2.75, 3.05) is 6.26 Å². The SMILES string of the molecule is CSc1ccc(C(=O)NC2CCC(N)C2)cc1. The lowest BCUT2D eigenvalue weighted by Crippen LogP contribution is -2.33. The number of nitrogens with two attached hydrogens (primary N) is 1. The van der Waals surface area contributed by atoms with Crippen LogP contribution in [0.4, 0.5) is 0 Å². The molecule has 3 nitrogen and oxygen atoms in total. The van der Waals surface area contributed by atoms with Gasteiger partial charge in [-0.1, -0.05) is 0 Å². The van der Waals surface area contributed by atoms with Gasteiger partial charge in [0.2, 0.25) is 0 Å². The summed E-state index contributed by atoms with van der Waals surface area (Å²) in [6.45, 7) is 0. The minimum atomic E-state index is 0.0109. The van der Waals surface area contributed by atoms with Gasteiger partial charge in [0.05, 0.1) is 0 Å². The fourth-order valence-corrected chi connectivity index (χ4v) is 2.57. The van der Waals surface area contributed by atoms with Crippen molar-refractivity contribution in [1.82, 2.24) is 5.32 Å². The summed E-state index contributed by atoms with van der Waals surface area (Å²) >= 11 is 1.67. The molecule has 1 saturated carbocycles. The number of carbonyl (C=O) groups excluding carboxylic acids is 1. The fourth-order valence-electron chi connectivity index (χ4n) is 2.16. The summed E-state index contributed by atoms with van der Waals surface area (Å²) in [4.78, 5) is 13.1. The Kier molecular flexibility index (Phi) is 4.07. The van der Waals surface area contributed by atoms with E-state index in [2.05, 4.69) is 5.32 Å². The van der Waals surface area contributed by atoms with Crippen LogP contribution in [0.1, 0.15) is 29.6 Å². The molecule has 0 bridgehead atoms. The minimum Gasteiger partial charge on any atom is -0.349 e. The monoisotopic (exact) mass is 250 g/mol. The molecule has 0 radical (unpaired) electrons. The summed E-state index contributed by atoms with van der Waals surface area (Å²) in [6, 6.07) is 8.18. The van der Waals surface area contributed by atoms with Crippen LogP contribution in [0.15, 0.2) is 29.2 Å². The molecule has 1 aliphatic rings. The Labute approximate surface area is 106 Å². The average Bonchev–Trinajstić information content (AvgIpc) is 2.75. The topological polar surface area (TPSA) is 55.1 Å². The molecule has 0 aliphatic heterocycles. The average molecular weight is 250 g/mol. The first kappa shape index (κ1) is 12.5. The summed E-state index contributed by atoms with van der Waals surface area (Å²) in [5, 5.41) is 3.04. The Hall–Kier alpha value is -1.00. The highest BCUT2D eigenvalue weighted by atomic mass is 32.2. The Morgan fingerprint density at radius 2 is 2.06 bits per heavy atom. The smallest absolute Gasteiger partial charge is 0.251 e. The second kappa shape index (κ2) is 5.56. The molecule has 0 saturated heterocycles. The number of carbonyl (C=O) groups is 1. The number of benzene rings is 1. The van der Waals surface area contributed by atoms with E-state index in [4.69, 9.17) is 5.73 Å². The lowest BCUT2D eigenvalue weighted by atomic mass is 10.2. The molecule has 0 aromatic heterocycles. The predicted molar refractivity (Wildman–Crippen MR) is 71.3 cm³/mol. The minimum absolute atomic E-state index is 0.0109. The van der Waals surface area contributed by atoms with Crippen LogP contribution < -0.4 is 11.1 Å². The second-order valence-corrected chi connectivity index (χ2v) is 5.35. The van der Waals surface area contributed by atoms with Crippen LogP contribution in [0.2, 0.25) is 0 Å². The first-order valence-corrected chi connectivity index (χ1v) is 7.12. The van der Waals surface area contributed by atoms with Gasteiger partial charge >= 0.3 is 0 Å². The quantitative estimate of drug-likeness (QED) is 0.807. The van der Waals surface area contributed by atoms with Crippen molar-refractivity contribution in [1.29, 1.82) is 0 Å². The molecule has 4 heteroatoms. The number of hydrogen-bond donors (Lipinski definition) is 2. The van der Waals surface area contributed by atoms with Gasteiger partial charge in [0, 0.05) is 22.5 Å². The summed E-state index contributed by atoms with van der Waals surface area (Å²) in [5.41, 5.74) is 6.55. The molecule has 1 amide bonds. The molecule has 0 spiro atoms. The molecule has 1 aliphatic carbocycles. The fraction of sp³-hybridized carbons (Fsp3) is 0.462. The van der Waals surface area contributed by atoms with Crippen LogP contribution in [0, 0.1) is 0 Å². The zero-order valence-corrected chi connectivity index (χ0v) is 10.8. The van der Waals surface area contributed by atoms with Gasteiger partial charge in [-0.2, -0.15) is 0 Å². The molecule has 0 heterocycles. The summed E-state index contributed by atoms with van der Waals surface area (Å²) < 4.78 is 0. The summed E-state index contributed by atoms with van der Waals surface area (Å²) in [5.74, 6) is 0.0109. The van der Waals surface area contributed by atoms with E-state index in [1.807, 2.05) is 30.5 Å². The zero-order chi connectivity index (χ0) is 12.3. The Morgan fingerprint density at radius 1 is 1.35 bits per heavy atom. The van der Waals surface area contributed by atoms with Crippen LogP contribution in [0.5, 0.6) is 0 Å². The Bertz CT molecular complexity index is 391. The highest BCUT2D eigenvalue weighted by Crippen LogP contribution is 2.18. The number of rotatable bonds is 3. The van der Waals surface area contributed by atoms with Crippen molar-refractivity contribution in [3.8, 4) is 0 Å². The highest BCUT2D eigenvalue weighted by molar-refractivity contribution is 7.98. The first-order valence-electron chi connectivity index (χ1n) is 5.89. The van der Waals surface area contributed by atoms with Crippen LogP contribution in [0.25, 0.3) is 0 Å². The van der Waals surface area contributed by atoms with E-state index in [0.717, 1.165) is 24.8 Å². The zero-order valence-electron chi connectivity index (χ0n) is 9.98. The normalized spacial score (nSPS) is 23.6. The van der Waals surface area contributed by atoms with Gasteiger partial charge in [-0.15, -0.1) is 11.8 Å². The summed E-state index contributed by atoms with van der Waals surface area (Å²) in [6.07, 6.45) is 4.93. The lowest BCUT2D eigenvalue weighted by Gasteiger charge is -2.12. The van der Waals surface area contributed by atoms with E-state index in [0.29, 0.717) is 0 Å². The van der Waals surface area contributed by atoms with E-state index in [1.54, 1.807) is 11.8 Å². The molecule has 92 valence electrons. The van der Waals surface area contributed by atoms with Crippen LogP contribution in [-0.2, 0) is 0 Å². The molecule has 1 aromatic rings. The van der Waals surface area contributed by atoms with Crippen molar-refractivity contribution in [3.05, 3.63) is 29.8 Å². The predicted octanol–water partition coefficient (Wildman–Crippen LogP) is 2.02. The molecule has 1 aromatic carbocycles.